The molecule has 0 saturated heterocycles. The average Bonchev–Trinajstić information content (AvgIpc) is 3.28. The summed E-state index contributed by atoms with van der Waals surface area (Å²) in [5, 5.41) is 10.0. The summed E-state index contributed by atoms with van der Waals surface area (Å²) in [5.41, 5.74) is 2.85. The normalized spacial score (nSPS) is 25.0. The number of fused-ring (bicyclic) bond motifs is 1. The number of aryl methyl sites for hydroxylation is 1. The topological polar surface area (TPSA) is 101 Å². The Kier molecular flexibility index (Phi) is 5.57. The molecular formula is C20H18ClFN2O6. The molecule has 1 aromatic heterocycles. The molecule has 0 spiro atoms. The van der Waals surface area contributed by atoms with Crippen LogP contribution in [0.3, 0.4) is 0 Å². The van der Waals surface area contributed by atoms with Gasteiger partial charge in [0.05, 0.1) is 18.2 Å². The first-order chi connectivity index (χ1) is 14.3. The van der Waals surface area contributed by atoms with Gasteiger partial charge in [-0.05, 0) is 37.5 Å². The minimum atomic E-state index is -1.61. The molecule has 2 heterocycles. The lowest BCUT2D eigenvalue weighted by atomic mass is 10.00. The molecule has 1 aliphatic heterocycles. The van der Waals surface area contributed by atoms with Crippen LogP contribution >= 0.6 is 11.6 Å². The molecule has 4 atom stereocenters. The molecule has 1 fully saturated rings. The molecule has 1 saturated carbocycles. The van der Waals surface area contributed by atoms with Gasteiger partial charge in [-0.3, -0.25) is 9.78 Å². The van der Waals surface area contributed by atoms with Crippen molar-refractivity contribution in [2.45, 2.75) is 44.8 Å². The number of aromatic nitrogens is 1. The maximum atomic E-state index is 14.0. The SMILES string of the molecule is Cc1ncc2c(c1OC(=O)C1C[C@@H](F)[C@H](O[N+](=O)[O-])C1)CO[C@H]2c1ccc(Cl)cc1. The highest BCUT2D eigenvalue weighted by molar-refractivity contribution is 6.30. The second-order valence-corrected chi connectivity index (χ2v) is 7.76. The van der Waals surface area contributed by atoms with Crippen LogP contribution in [0.1, 0.15) is 41.3 Å². The number of carbonyl (C=O) groups is 1. The van der Waals surface area contributed by atoms with Crippen molar-refractivity contribution < 1.29 is 28.6 Å². The monoisotopic (exact) mass is 436 g/mol. The van der Waals surface area contributed by atoms with Crippen LogP contribution in [0.5, 0.6) is 5.75 Å². The average molecular weight is 437 g/mol. The van der Waals surface area contributed by atoms with Gasteiger partial charge in [0.25, 0.3) is 5.09 Å². The summed E-state index contributed by atoms with van der Waals surface area (Å²) in [5.74, 6) is -1.22. The van der Waals surface area contributed by atoms with Crippen LogP contribution in [0, 0.1) is 23.0 Å². The van der Waals surface area contributed by atoms with E-state index in [1.807, 2.05) is 12.1 Å². The van der Waals surface area contributed by atoms with E-state index in [-0.39, 0.29) is 31.3 Å². The molecular weight excluding hydrogens is 419 g/mol. The van der Waals surface area contributed by atoms with Crippen LogP contribution in [0.25, 0.3) is 0 Å². The lowest BCUT2D eigenvalue weighted by Gasteiger charge is -2.15. The molecule has 0 radical (unpaired) electrons. The number of pyridine rings is 1. The van der Waals surface area contributed by atoms with Gasteiger partial charge in [0.15, 0.2) is 5.75 Å². The van der Waals surface area contributed by atoms with E-state index in [1.54, 1.807) is 25.3 Å². The molecule has 2 aromatic rings. The Morgan fingerprint density at radius 1 is 1.33 bits per heavy atom. The fourth-order valence-electron chi connectivity index (χ4n) is 3.88. The van der Waals surface area contributed by atoms with Crippen LogP contribution in [0.4, 0.5) is 4.39 Å². The Labute approximate surface area is 176 Å². The van der Waals surface area contributed by atoms with Crippen molar-refractivity contribution in [3.63, 3.8) is 0 Å². The van der Waals surface area contributed by atoms with E-state index in [9.17, 15) is 19.3 Å². The Morgan fingerprint density at radius 2 is 2.07 bits per heavy atom. The van der Waals surface area contributed by atoms with Crippen molar-refractivity contribution in [3.05, 3.63) is 68.0 Å². The highest BCUT2D eigenvalue weighted by Gasteiger charge is 2.42. The Bertz CT molecular complexity index is 986. The third-order valence-corrected chi connectivity index (χ3v) is 5.64. The molecule has 158 valence electrons. The van der Waals surface area contributed by atoms with Gasteiger partial charge in [-0.25, -0.2) is 4.39 Å². The van der Waals surface area contributed by atoms with E-state index in [2.05, 4.69) is 9.82 Å². The fourth-order valence-corrected chi connectivity index (χ4v) is 4.00. The Balaban J connectivity index is 1.54. The largest absolute Gasteiger partial charge is 0.424 e. The number of hydrogen-bond acceptors (Lipinski definition) is 7. The molecule has 2 aliphatic rings. The first-order valence-electron chi connectivity index (χ1n) is 9.36. The van der Waals surface area contributed by atoms with Gasteiger partial charge >= 0.3 is 5.97 Å². The number of rotatable bonds is 5. The van der Waals surface area contributed by atoms with Gasteiger partial charge in [0.1, 0.15) is 18.4 Å². The molecule has 30 heavy (non-hydrogen) atoms. The van der Waals surface area contributed by atoms with Crippen LogP contribution in [-0.2, 0) is 21.0 Å². The first-order valence-corrected chi connectivity index (χ1v) is 9.73. The summed E-state index contributed by atoms with van der Waals surface area (Å²) in [6.45, 7) is 1.92. The maximum absolute atomic E-state index is 14.0. The van der Waals surface area contributed by atoms with Crippen molar-refractivity contribution >= 4 is 17.6 Å². The zero-order chi connectivity index (χ0) is 21.4. The number of ether oxygens (including phenoxy) is 2. The molecule has 0 bridgehead atoms. The number of hydrogen-bond donors (Lipinski definition) is 0. The van der Waals surface area contributed by atoms with Gasteiger partial charge in [-0.1, -0.05) is 23.7 Å². The molecule has 0 N–H and O–H groups in total. The van der Waals surface area contributed by atoms with Crippen molar-refractivity contribution in [1.82, 2.24) is 4.98 Å². The number of halogens is 2. The van der Waals surface area contributed by atoms with Gasteiger partial charge in [-0.2, -0.15) is 0 Å². The third-order valence-electron chi connectivity index (χ3n) is 5.39. The van der Waals surface area contributed by atoms with Crippen LogP contribution in [0.2, 0.25) is 5.02 Å². The van der Waals surface area contributed by atoms with Crippen molar-refractivity contribution in [2.75, 3.05) is 0 Å². The molecule has 8 nitrogen and oxygen atoms in total. The number of carbonyl (C=O) groups excluding carboxylic acids is 1. The molecule has 1 aliphatic carbocycles. The predicted octanol–water partition coefficient (Wildman–Crippen LogP) is 3.89. The van der Waals surface area contributed by atoms with E-state index in [4.69, 9.17) is 21.1 Å². The van der Waals surface area contributed by atoms with Gasteiger partial charge < -0.3 is 14.3 Å². The molecule has 1 unspecified atom stereocenters. The van der Waals surface area contributed by atoms with E-state index >= 15 is 0 Å². The number of benzene rings is 1. The predicted molar refractivity (Wildman–Crippen MR) is 102 cm³/mol. The van der Waals surface area contributed by atoms with Crippen LogP contribution in [-0.4, -0.2) is 28.3 Å². The highest BCUT2D eigenvalue weighted by atomic mass is 35.5. The summed E-state index contributed by atoms with van der Waals surface area (Å²) in [6, 6.07) is 7.22. The highest BCUT2D eigenvalue weighted by Crippen LogP contribution is 2.41. The van der Waals surface area contributed by atoms with E-state index < -0.39 is 29.2 Å². The van der Waals surface area contributed by atoms with Crippen LogP contribution < -0.4 is 4.74 Å². The standard InChI is InChI=1S/C20H18ClFN2O6/c1-10-18(29-20(25)12-6-16(22)17(7-12)30-24(26)27)15-9-28-19(14(15)8-23-10)11-2-4-13(21)5-3-11/h2-5,8,12,16-17,19H,6-7,9H2,1H3/t12?,16-,17-,19+/m1/s1. The van der Waals surface area contributed by atoms with Crippen molar-refractivity contribution in [3.8, 4) is 5.75 Å². The van der Waals surface area contributed by atoms with Crippen molar-refractivity contribution in [1.29, 1.82) is 0 Å². The molecule has 1 aromatic carbocycles. The second kappa shape index (κ2) is 8.16. The Morgan fingerprint density at radius 3 is 2.77 bits per heavy atom. The summed E-state index contributed by atoms with van der Waals surface area (Å²) >= 11 is 5.95. The maximum Gasteiger partial charge on any atom is 0.314 e. The summed E-state index contributed by atoms with van der Waals surface area (Å²) < 4.78 is 25.5. The first kappa shape index (κ1) is 20.5. The van der Waals surface area contributed by atoms with E-state index in [0.29, 0.717) is 16.3 Å². The smallest absolute Gasteiger partial charge is 0.314 e. The van der Waals surface area contributed by atoms with E-state index in [0.717, 1.165) is 11.1 Å². The summed E-state index contributed by atoms with van der Waals surface area (Å²) in [6.07, 6.45) is -1.87. The van der Waals surface area contributed by atoms with Gasteiger partial charge in [0.2, 0.25) is 0 Å². The second-order valence-electron chi connectivity index (χ2n) is 7.32. The number of esters is 1. The minimum absolute atomic E-state index is 0.119. The lowest BCUT2D eigenvalue weighted by Crippen LogP contribution is -2.23. The van der Waals surface area contributed by atoms with Gasteiger partial charge in [0, 0.05) is 22.3 Å². The van der Waals surface area contributed by atoms with Crippen LogP contribution in [0.15, 0.2) is 30.5 Å². The zero-order valence-electron chi connectivity index (χ0n) is 15.9. The van der Waals surface area contributed by atoms with Crippen molar-refractivity contribution in [2.24, 2.45) is 5.92 Å². The third kappa shape index (κ3) is 3.95. The number of alkyl halides is 1. The summed E-state index contributed by atoms with van der Waals surface area (Å²) in [7, 11) is 0. The fraction of sp³-hybridized carbons (Fsp3) is 0.400. The molecule has 4 rings (SSSR count). The quantitative estimate of drug-likeness (QED) is 0.398. The molecule has 10 heteroatoms. The zero-order valence-corrected chi connectivity index (χ0v) is 16.7. The Hall–Kier alpha value is -2.78. The summed E-state index contributed by atoms with van der Waals surface area (Å²) in [4.78, 5) is 31.8. The lowest BCUT2D eigenvalue weighted by molar-refractivity contribution is -0.769. The number of nitrogens with zero attached hydrogens (tertiary/aromatic N) is 2. The van der Waals surface area contributed by atoms with Gasteiger partial charge in [-0.15, -0.1) is 10.1 Å². The minimum Gasteiger partial charge on any atom is -0.424 e. The van der Waals surface area contributed by atoms with E-state index in [1.165, 1.54) is 0 Å². The molecule has 0 amide bonds.